The lowest BCUT2D eigenvalue weighted by Crippen LogP contribution is -2.26. The quantitative estimate of drug-likeness (QED) is 0.749. The number of alkyl halides is 3. The van der Waals surface area contributed by atoms with Crippen LogP contribution >= 0.6 is 11.8 Å². The molecular formula is C16H14F3NOS. The van der Waals surface area contributed by atoms with Crippen LogP contribution in [0.5, 0.6) is 0 Å². The number of hydrogen-bond donors (Lipinski definition) is 0. The van der Waals surface area contributed by atoms with Crippen molar-refractivity contribution in [3.05, 3.63) is 59.7 Å². The molecule has 6 heteroatoms. The van der Waals surface area contributed by atoms with E-state index in [0.717, 1.165) is 11.3 Å². The second-order valence-corrected chi connectivity index (χ2v) is 5.91. The zero-order valence-electron chi connectivity index (χ0n) is 12.0. The fourth-order valence-corrected chi connectivity index (χ4v) is 2.49. The molecule has 2 aromatic carbocycles. The van der Waals surface area contributed by atoms with Crippen LogP contribution in [0.3, 0.4) is 0 Å². The fraction of sp³-hybridized carbons (Fsp3) is 0.188. The summed E-state index contributed by atoms with van der Waals surface area (Å²) in [4.78, 5) is 13.9. The number of aryl methyl sites for hydroxylation is 1. The third kappa shape index (κ3) is 4.27. The Labute approximate surface area is 130 Å². The first-order chi connectivity index (χ1) is 10.3. The topological polar surface area (TPSA) is 20.3 Å². The van der Waals surface area contributed by atoms with Gasteiger partial charge in [-0.25, -0.2) is 0 Å². The minimum Gasteiger partial charge on any atom is -0.311 e. The number of carbonyl (C=O) groups is 1. The molecule has 0 spiro atoms. The van der Waals surface area contributed by atoms with Crippen molar-refractivity contribution in [3.8, 4) is 0 Å². The second-order valence-electron chi connectivity index (χ2n) is 4.78. The van der Waals surface area contributed by atoms with Crippen molar-refractivity contribution in [2.75, 3.05) is 11.9 Å². The Balaban J connectivity index is 2.16. The molecule has 0 bridgehead atoms. The van der Waals surface area contributed by atoms with E-state index in [4.69, 9.17) is 0 Å². The van der Waals surface area contributed by atoms with Gasteiger partial charge < -0.3 is 4.90 Å². The van der Waals surface area contributed by atoms with Gasteiger partial charge in [-0.1, -0.05) is 12.1 Å². The summed E-state index contributed by atoms with van der Waals surface area (Å²) >= 11 is -0.197. The van der Waals surface area contributed by atoms with E-state index in [9.17, 15) is 18.0 Å². The average Bonchev–Trinajstić information content (AvgIpc) is 2.45. The number of thioether (sulfide) groups is 1. The molecule has 0 N–H and O–H groups in total. The van der Waals surface area contributed by atoms with E-state index in [1.807, 2.05) is 25.1 Å². The first-order valence-electron chi connectivity index (χ1n) is 6.47. The maximum absolute atomic E-state index is 12.3. The number of nitrogens with zero attached hydrogens (tertiary/aromatic N) is 1. The van der Waals surface area contributed by atoms with Crippen LogP contribution in [-0.4, -0.2) is 18.5 Å². The van der Waals surface area contributed by atoms with Gasteiger partial charge in [-0.05, 0) is 60.6 Å². The predicted molar refractivity (Wildman–Crippen MR) is 82.3 cm³/mol. The number of carbonyl (C=O) groups excluding carboxylic acids is 1. The van der Waals surface area contributed by atoms with Crippen LogP contribution in [0, 0.1) is 6.92 Å². The number of hydrogen-bond acceptors (Lipinski definition) is 2. The lowest BCUT2D eigenvalue weighted by Gasteiger charge is -2.18. The van der Waals surface area contributed by atoms with Crippen LogP contribution in [0.25, 0.3) is 0 Å². The predicted octanol–water partition coefficient (Wildman–Crippen LogP) is 4.88. The molecule has 0 aliphatic heterocycles. The Bertz CT molecular complexity index is 668. The molecule has 2 rings (SSSR count). The Morgan fingerprint density at radius 2 is 1.73 bits per heavy atom. The van der Waals surface area contributed by atoms with Crippen molar-refractivity contribution in [1.82, 2.24) is 0 Å². The van der Waals surface area contributed by atoms with Gasteiger partial charge in [0.2, 0.25) is 0 Å². The number of benzene rings is 2. The molecule has 2 aromatic rings. The van der Waals surface area contributed by atoms with Gasteiger partial charge in [0.15, 0.2) is 0 Å². The number of rotatable bonds is 3. The first-order valence-corrected chi connectivity index (χ1v) is 7.28. The Kier molecular flexibility index (Phi) is 4.81. The van der Waals surface area contributed by atoms with Gasteiger partial charge in [-0.3, -0.25) is 4.79 Å². The molecule has 0 radical (unpaired) electrons. The molecule has 0 atom stereocenters. The van der Waals surface area contributed by atoms with Crippen LogP contribution < -0.4 is 4.90 Å². The van der Waals surface area contributed by atoms with Crippen LogP contribution in [0.4, 0.5) is 18.9 Å². The van der Waals surface area contributed by atoms with Crippen molar-refractivity contribution >= 4 is 23.4 Å². The highest BCUT2D eigenvalue weighted by Crippen LogP contribution is 2.36. The van der Waals surface area contributed by atoms with E-state index < -0.39 is 5.51 Å². The molecular weight excluding hydrogens is 311 g/mol. The van der Waals surface area contributed by atoms with Gasteiger partial charge in [-0.2, -0.15) is 13.2 Å². The van der Waals surface area contributed by atoms with Crippen molar-refractivity contribution in [2.45, 2.75) is 17.3 Å². The smallest absolute Gasteiger partial charge is 0.311 e. The summed E-state index contributed by atoms with van der Waals surface area (Å²) < 4.78 is 36.8. The summed E-state index contributed by atoms with van der Waals surface area (Å²) in [5.74, 6) is -0.269. The number of anilines is 1. The SMILES string of the molecule is Cc1cccc(N(C)C(=O)c2ccc(SC(F)(F)F)cc2)c1. The summed E-state index contributed by atoms with van der Waals surface area (Å²) in [5, 5.41) is 0. The zero-order chi connectivity index (χ0) is 16.3. The number of halogens is 3. The Hall–Kier alpha value is -1.95. The summed E-state index contributed by atoms with van der Waals surface area (Å²) in [7, 11) is 1.63. The molecule has 0 unspecified atom stereocenters. The van der Waals surface area contributed by atoms with E-state index in [0.29, 0.717) is 5.56 Å². The first kappa shape index (κ1) is 16.4. The molecule has 1 amide bonds. The van der Waals surface area contributed by atoms with Crippen LogP contribution in [0.2, 0.25) is 0 Å². The summed E-state index contributed by atoms with van der Waals surface area (Å²) in [6.07, 6.45) is 0. The molecule has 2 nitrogen and oxygen atoms in total. The van der Waals surface area contributed by atoms with Crippen molar-refractivity contribution < 1.29 is 18.0 Å². The molecule has 0 fully saturated rings. The summed E-state index contributed by atoms with van der Waals surface area (Å²) in [5.41, 5.74) is -2.23. The lowest BCUT2D eigenvalue weighted by molar-refractivity contribution is -0.0328. The van der Waals surface area contributed by atoms with Crippen LogP contribution in [-0.2, 0) is 0 Å². The van der Waals surface area contributed by atoms with Crippen LogP contribution in [0.1, 0.15) is 15.9 Å². The molecule has 0 aliphatic carbocycles. The van der Waals surface area contributed by atoms with Gasteiger partial charge in [0.25, 0.3) is 5.91 Å². The van der Waals surface area contributed by atoms with Gasteiger partial charge >= 0.3 is 5.51 Å². The van der Waals surface area contributed by atoms with E-state index in [1.165, 1.54) is 29.2 Å². The third-order valence-corrected chi connectivity index (χ3v) is 3.77. The van der Waals surface area contributed by atoms with Gasteiger partial charge in [0.05, 0.1) is 0 Å². The minimum atomic E-state index is -4.33. The normalized spacial score (nSPS) is 11.3. The third-order valence-electron chi connectivity index (χ3n) is 3.03. The fourth-order valence-electron chi connectivity index (χ4n) is 1.95. The monoisotopic (exact) mass is 325 g/mol. The average molecular weight is 325 g/mol. The largest absolute Gasteiger partial charge is 0.446 e. The van der Waals surface area contributed by atoms with Gasteiger partial charge in [0.1, 0.15) is 0 Å². The Morgan fingerprint density at radius 1 is 1.09 bits per heavy atom. The van der Waals surface area contributed by atoms with Crippen molar-refractivity contribution in [3.63, 3.8) is 0 Å². The summed E-state index contributed by atoms with van der Waals surface area (Å²) in [6.45, 7) is 1.92. The molecule has 0 saturated carbocycles. The lowest BCUT2D eigenvalue weighted by atomic mass is 10.1. The molecule has 0 saturated heterocycles. The molecule has 0 aromatic heterocycles. The number of amides is 1. The van der Waals surface area contributed by atoms with Crippen LogP contribution in [0.15, 0.2) is 53.4 Å². The molecule has 116 valence electrons. The zero-order valence-corrected chi connectivity index (χ0v) is 12.8. The molecule has 0 heterocycles. The van der Waals surface area contributed by atoms with Crippen molar-refractivity contribution in [1.29, 1.82) is 0 Å². The molecule has 0 aliphatic rings. The molecule has 22 heavy (non-hydrogen) atoms. The maximum Gasteiger partial charge on any atom is 0.446 e. The van der Waals surface area contributed by atoms with E-state index in [2.05, 4.69) is 0 Å². The standard InChI is InChI=1S/C16H14F3NOS/c1-11-4-3-5-13(10-11)20(2)15(21)12-6-8-14(9-7-12)22-16(17,18)19/h3-10H,1-2H3. The van der Waals surface area contributed by atoms with Gasteiger partial charge in [-0.15, -0.1) is 0 Å². The second kappa shape index (κ2) is 6.44. The van der Waals surface area contributed by atoms with E-state index in [1.54, 1.807) is 13.1 Å². The summed E-state index contributed by atoms with van der Waals surface area (Å²) in [6, 6.07) is 12.9. The Morgan fingerprint density at radius 3 is 2.27 bits per heavy atom. The van der Waals surface area contributed by atoms with E-state index in [-0.39, 0.29) is 22.6 Å². The highest BCUT2D eigenvalue weighted by molar-refractivity contribution is 8.00. The van der Waals surface area contributed by atoms with E-state index >= 15 is 0 Å². The van der Waals surface area contributed by atoms with Crippen molar-refractivity contribution in [2.24, 2.45) is 0 Å². The van der Waals surface area contributed by atoms with Gasteiger partial charge in [0, 0.05) is 23.2 Å². The maximum atomic E-state index is 12.3. The highest BCUT2D eigenvalue weighted by Gasteiger charge is 2.29. The minimum absolute atomic E-state index is 0.0576. The highest BCUT2D eigenvalue weighted by atomic mass is 32.2.